The highest BCUT2D eigenvalue weighted by molar-refractivity contribution is 8.00. The van der Waals surface area contributed by atoms with Crippen LogP contribution in [0.15, 0.2) is 47.4 Å². The van der Waals surface area contributed by atoms with Gasteiger partial charge in [-0.3, -0.25) is 4.79 Å². The Kier molecular flexibility index (Phi) is 4.38. The summed E-state index contributed by atoms with van der Waals surface area (Å²) in [6.45, 7) is 3.84. The summed E-state index contributed by atoms with van der Waals surface area (Å²) in [7, 11) is 0. The molecule has 0 aliphatic heterocycles. The average molecular weight is 274 g/mol. The molecule has 0 aliphatic carbocycles. The van der Waals surface area contributed by atoms with E-state index in [1.165, 1.54) is 23.9 Å². The van der Waals surface area contributed by atoms with E-state index >= 15 is 0 Å². The first-order valence-corrected chi connectivity index (χ1v) is 7.04. The fourth-order valence-corrected chi connectivity index (χ4v) is 2.75. The standard InChI is InChI=1S/C16H15FOS/c1-11-7-8-13(17)9-14(11)15(18)10-19-16-6-4-3-5-12(16)2/h3-9H,10H2,1-2H3. The van der Waals surface area contributed by atoms with Crippen LogP contribution in [0.2, 0.25) is 0 Å². The van der Waals surface area contributed by atoms with Crippen molar-refractivity contribution in [2.45, 2.75) is 18.7 Å². The Hall–Kier alpha value is -1.61. The fourth-order valence-electron chi connectivity index (χ4n) is 1.83. The van der Waals surface area contributed by atoms with Gasteiger partial charge in [0.05, 0.1) is 5.75 Å². The minimum absolute atomic E-state index is 0.0368. The van der Waals surface area contributed by atoms with E-state index in [9.17, 15) is 9.18 Å². The van der Waals surface area contributed by atoms with E-state index in [1.807, 2.05) is 38.1 Å². The van der Waals surface area contributed by atoms with Gasteiger partial charge in [0.15, 0.2) is 5.78 Å². The van der Waals surface area contributed by atoms with Crippen molar-refractivity contribution in [1.82, 2.24) is 0 Å². The van der Waals surface area contributed by atoms with Crippen LogP contribution in [-0.4, -0.2) is 11.5 Å². The zero-order valence-corrected chi connectivity index (χ0v) is 11.8. The Balaban J connectivity index is 2.10. The third kappa shape index (κ3) is 3.44. The lowest BCUT2D eigenvalue weighted by Crippen LogP contribution is -2.05. The number of carbonyl (C=O) groups is 1. The Morgan fingerprint density at radius 2 is 1.84 bits per heavy atom. The van der Waals surface area contributed by atoms with Gasteiger partial charge in [-0.1, -0.05) is 24.3 Å². The number of hydrogen-bond donors (Lipinski definition) is 0. The Labute approximate surface area is 116 Å². The van der Waals surface area contributed by atoms with Crippen molar-refractivity contribution in [2.24, 2.45) is 0 Å². The minimum atomic E-state index is -0.366. The van der Waals surface area contributed by atoms with Crippen LogP contribution in [-0.2, 0) is 0 Å². The van der Waals surface area contributed by atoms with Gasteiger partial charge in [-0.05, 0) is 43.2 Å². The van der Waals surface area contributed by atoms with Crippen LogP contribution in [0.3, 0.4) is 0 Å². The first-order valence-electron chi connectivity index (χ1n) is 6.05. The number of Topliss-reactive ketones (excluding diaryl/α,β-unsaturated/α-hetero) is 1. The van der Waals surface area contributed by atoms with E-state index in [4.69, 9.17) is 0 Å². The molecule has 2 rings (SSSR count). The van der Waals surface area contributed by atoms with E-state index in [2.05, 4.69) is 0 Å². The monoisotopic (exact) mass is 274 g/mol. The molecule has 0 aliphatic rings. The molecule has 0 fully saturated rings. The number of thioether (sulfide) groups is 1. The second-order valence-corrected chi connectivity index (χ2v) is 5.45. The van der Waals surface area contributed by atoms with Crippen LogP contribution >= 0.6 is 11.8 Å². The van der Waals surface area contributed by atoms with Crippen LogP contribution in [0, 0.1) is 19.7 Å². The summed E-state index contributed by atoms with van der Waals surface area (Å²) in [5, 5.41) is 0. The zero-order valence-electron chi connectivity index (χ0n) is 10.9. The molecule has 0 spiro atoms. The molecular formula is C16H15FOS. The van der Waals surface area contributed by atoms with Gasteiger partial charge >= 0.3 is 0 Å². The maximum Gasteiger partial charge on any atom is 0.173 e. The molecule has 0 heterocycles. The maximum absolute atomic E-state index is 13.2. The summed E-state index contributed by atoms with van der Waals surface area (Å²) >= 11 is 1.49. The quantitative estimate of drug-likeness (QED) is 0.606. The van der Waals surface area contributed by atoms with E-state index in [0.29, 0.717) is 11.3 Å². The molecule has 1 nitrogen and oxygen atoms in total. The molecule has 0 bridgehead atoms. The second kappa shape index (κ2) is 6.02. The topological polar surface area (TPSA) is 17.1 Å². The van der Waals surface area contributed by atoms with Gasteiger partial charge in [-0.2, -0.15) is 0 Å². The van der Waals surface area contributed by atoms with Crippen LogP contribution in [0.4, 0.5) is 4.39 Å². The highest BCUT2D eigenvalue weighted by atomic mass is 32.2. The lowest BCUT2D eigenvalue weighted by atomic mass is 10.1. The highest BCUT2D eigenvalue weighted by Gasteiger charge is 2.11. The van der Waals surface area contributed by atoms with Crippen LogP contribution < -0.4 is 0 Å². The van der Waals surface area contributed by atoms with Crippen LogP contribution in [0.1, 0.15) is 21.5 Å². The van der Waals surface area contributed by atoms with Crippen molar-refractivity contribution < 1.29 is 9.18 Å². The van der Waals surface area contributed by atoms with Gasteiger partial charge in [0.25, 0.3) is 0 Å². The molecule has 0 atom stereocenters. The normalized spacial score (nSPS) is 10.5. The largest absolute Gasteiger partial charge is 0.293 e. The first kappa shape index (κ1) is 13.8. The summed E-state index contributed by atoms with van der Waals surface area (Å²) < 4.78 is 13.2. The summed E-state index contributed by atoms with van der Waals surface area (Å²) in [6, 6.07) is 12.3. The maximum atomic E-state index is 13.2. The average Bonchev–Trinajstić information content (AvgIpc) is 2.40. The van der Waals surface area contributed by atoms with Crippen molar-refractivity contribution in [2.75, 3.05) is 5.75 Å². The summed E-state index contributed by atoms with van der Waals surface area (Å²) in [5.41, 5.74) is 2.44. The molecule has 0 saturated carbocycles. The van der Waals surface area contributed by atoms with E-state index in [1.54, 1.807) is 6.07 Å². The number of aryl methyl sites for hydroxylation is 2. The molecule has 3 heteroatoms. The van der Waals surface area contributed by atoms with Crippen LogP contribution in [0.25, 0.3) is 0 Å². The van der Waals surface area contributed by atoms with Gasteiger partial charge in [-0.15, -0.1) is 11.8 Å². The highest BCUT2D eigenvalue weighted by Crippen LogP contribution is 2.23. The number of benzene rings is 2. The minimum Gasteiger partial charge on any atom is -0.293 e. The number of carbonyl (C=O) groups excluding carboxylic acids is 1. The summed E-state index contributed by atoms with van der Waals surface area (Å²) in [6.07, 6.45) is 0. The Morgan fingerprint density at radius 3 is 2.58 bits per heavy atom. The third-order valence-electron chi connectivity index (χ3n) is 2.95. The lowest BCUT2D eigenvalue weighted by Gasteiger charge is -2.07. The summed E-state index contributed by atoms with van der Waals surface area (Å²) in [4.78, 5) is 13.2. The van der Waals surface area contributed by atoms with Crippen molar-refractivity contribution in [1.29, 1.82) is 0 Å². The number of halogens is 1. The van der Waals surface area contributed by atoms with Gasteiger partial charge in [-0.25, -0.2) is 4.39 Å². The molecule has 19 heavy (non-hydrogen) atoms. The molecule has 0 saturated heterocycles. The molecule has 0 radical (unpaired) electrons. The van der Waals surface area contributed by atoms with E-state index < -0.39 is 0 Å². The first-order chi connectivity index (χ1) is 9.08. The van der Waals surface area contributed by atoms with Gasteiger partial charge in [0.1, 0.15) is 5.82 Å². The van der Waals surface area contributed by atoms with Gasteiger partial charge in [0.2, 0.25) is 0 Å². The molecule has 0 N–H and O–H groups in total. The predicted molar refractivity (Wildman–Crippen MR) is 77.4 cm³/mol. The van der Waals surface area contributed by atoms with Gasteiger partial charge in [0, 0.05) is 10.5 Å². The smallest absolute Gasteiger partial charge is 0.173 e. The summed E-state index contributed by atoms with van der Waals surface area (Å²) in [5.74, 6) is -0.0742. The third-order valence-corrected chi connectivity index (χ3v) is 4.13. The molecule has 0 aromatic heterocycles. The lowest BCUT2D eigenvalue weighted by molar-refractivity contribution is 0.102. The number of hydrogen-bond acceptors (Lipinski definition) is 2. The fraction of sp³-hybridized carbons (Fsp3) is 0.188. The second-order valence-electron chi connectivity index (χ2n) is 4.44. The number of rotatable bonds is 4. The molecule has 2 aromatic rings. The van der Waals surface area contributed by atoms with E-state index in [0.717, 1.165) is 16.0 Å². The molecule has 0 amide bonds. The molecule has 2 aromatic carbocycles. The van der Waals surface area contributed by atoms with Crippen LogP contribution in [0.5, 0.6) is 0 Å². The molecule has 98 valence electrons. The van der Waals surface area contributed by atoms with Crippen molar-refractivity contribution >= 4 is 17.5 Å². The van der Waals surface area contributed by atoms with Crippen molar-refractivity contribution in [3.05, 3.63) is 65.0 Å². The Morgan fingerprint density at radius 1 is 1.11 bits per heavy atom. The SMILES string of the molecule is Cc1ccccc1SCC(=O)c1cc(F)ccc1C. The zero-order chi connectivity index (χ0) is 13.8. The molecular weight excluding hydrogens is 259 g/mol. The molecule has 0 unspecified atom stereocenters. The van der Waals surface area contributed by atoms with Crippen molar-refractivity contribution in [3.8, 4) is 0 Å². The van der Waals surface area contributed by atoms with E-state index in [-0.39, 0.29) is 11.6 Å². The predicted octanol–water partition coefficient (Wildman–Crippen LogP) is 4.42. The number of ketones is 1. The van der Waals surface area contributed by atoms with Gasteiger partial charge < -0.3 is 0 Å². The van der Waals surface area contributed by atoms with Crippen molar-refractivity contribution in [3.63, 3.8) is 0 Å². The Bertz CT molecular complexity index is 607.